The van der Waals surface area contributed by atoms with E-state index in [0.717, 1.165) is 5.56 Å². The third kappa shape index (κ3) is 2.87. The van der Waals surface area contributed by atoms with E-state index in [2.05, 4.69) is 0 Å². The molecule has 3 nitrogen and oxygen atoms in total. The summed E-state index contributed by atoms with van der Waals surface area (Å²) < 4.78 is 0. The van der Waals surface area contributed by atoms with Gasteiger partial charge >= 0.3 is 0 Å². The molecule has 70 valence electrons. The first-order valence-corrected chi connectivity index (χ1v) is 4.20. The number of rotatable bonds is 3. The average molecular weight is 178 g/mol. The molecule has 1 aromatic rings. The molecule has 1 amide bonds. The molecule has 0 saturated heterocycles. The van der Waals surface area contributed by atoms with E-state index >= 15 is 0 Å². The molecule has 0 radical (unpaired) electrons. The van der Waals surface area contributed by atoms with E-state index in [1.54, 1.807) is 0 Å². The molecule has 0 aliphatic heterocycles. The maximum Gasteiger partial charge on any atom is 0.219 e. The number of carbonyl (C=O) groups excluding carboxylic acids is 1. The van der Waals surface area contributed by atoms with E-state index in [1.165, 1.54) is 5.56 Å². The standard InChI is InChI=1S/C10H14N2O/c1-7-2-4-8(5-3-7)9(11)6-10(12)13/h2-5,9H,6,11H2,1H3,(H2,12,13)/t9-/m0/s1. The lowest BCUT2D eigenvalue weighted by Crippen LogP contribution is -2.20. The number of amides is 1. The molecule has 3 heteroatoms. The molecule has 0 saturated carbocycles. The van der Waals surface area contributed by atoms with Gasteiger partial charge in [0.05, 0.1) is 0 Å². The number of hydrogen-bond acceptors (Lipinski definition) is 2. The summed E-state index contributed by atoms with van der Waals surface area (Å²) >= 11 is 0. The Morgan fingerprint density at radius 3 is 2.38 bits per heavy atom. The molecule has 1 aromatic carbocycles. The van der Waals surface area contributed by atoms with E-state index in [0.29, 0.717) is 0 Å². The zero-order chi connectivity index (χ0) is 9.84. The van der Waals surface area contributed by atoms with Gasteiger partial charge in [-0.1, -0.05) is 29.8 Å². The van der Waals surface area contributed by atoms with Crippen LogP contribution in [0.4, 0.5) is 0 Å². The maximum atomic E-state index is 10.6. The highest BCUT2D eigenvalue weighted by Gasteiger charge is 2.07. The van der Waals surface area contributed by atoms with Gasteiger partial charge in [-0.15, -0.1) is 0 Å². The van der Waals surface area contributed by atoms with Crippen molar-refractivity contribution in [3.05, 3.63) is 35.4 Å². The summed E-state index contributed by atoms with van der Waals surface area (Å²) in [6.45, 7) is 2.00. The van der Waals surface area contributed by atoms with E-state index in [4.69, 9.17) is 11.5 Å². The van der Waals surface area contributed by atoms with Gasteiger partial charge in [-0.2, -0.15) is 0 Å². The molecule has 1 rings (SSSR count). The van der Waals surface area contributed by atoms with Crippen LogP contribution in [-0.4, -0.2) is 5.91 Å². The smallest absolute Gasteiger partial charge is 0.219 e. The molecule has 0 aromatic heterocycles. The van der Waals surface area contributed by atoms with Crippen molar-refractivity contribution in [1.29, 1.82) is 0 Å². The van der Waals surface area contributed by atoms with E-state index in [1.807, 2.05) is 31.2 Å². The Bertz CT molecular complexity index is 292. The minimum Gasteiger partial charge on any atom is -0.370 e. The second-order valence-electron chi connectivity index (χ2n) is 3.19. The van der Waals surface area contributed by atoms with E-state index in [-0.39, 0.29) is 18.4 Å². The van der Waals surface area contributed by atoms with Gasteiger partial charge < -0.3 is 11.5 Å². The Labute approximate surface area is 77.7 Å². The van der Waals surface area contributed by atoms with Gasteiger partial charge in [0.25, 0.3) is 0 Å². The quantitative estimate of drug-likeness (QED) is 0.721. The largest absolute Gasteiger partial charge is 0.370 e. The lowest BCUT2D eigenvalue weighted by molar-refractivity contribution is -0.118. The fourth-order valence-electron chi connectivity index (χ4n) is 1.15. The number of benzene rings is 1. The van der Waals surface area contributed by atoms with Crippen LogP contribution < -0.4 is 11.5 Å². The lowest BCUT2D eigenvalue weighted by Gasteiger charge is -2.09. The van der Waals surface area contributed by atoms with Gasteiger partial charge in [0.1, 0.15) is 0 Å². The third-order valence-electron chi connectivity index (χ3n) is 1.93. The predicted octanol–water partition coefficient (Wildman–Crippen LogP) is 0.870. The molecule has 4 N–H and O–H groups in total. The minimum absolute atomic E-state index is 0.197. The highest BCUT2D eigenvalue weighted by molar-refractivity contribution is 5.74. The molecule has 0 aliphatic carbocycles. The van der Waals surface area contributed by atoms with E-state index in [9.17, 15) is 4.79 Å². The molecule has 0 bridgehead atoms. The van der Waals surface area contributed by atoms with Gasteiger partial charge in [-0.05, 0) is 12.5 Å². The third-order valence-corrected chi connectivity index (χ3v) is 1.93. The first-order valence-electron chi connectivity index (χ1n) is 4.20. The molecule has 0 fully saturated rings. The first kappa shape index (κ1) is 9.74. The van der Waals surface area contributed by atoms with Crippen LogP contribution in [0.25, 0.3) is 0 Å². The van der Waals surface area contributed by atoms with Crippen LogP contribution >= 0.6 is 0 Å². The number of carbonyl (C=O) groups is 1. The van der Waals surface area contributed by atoms with Crippen LogP contribution in [-0.2, 0) is 4.79 Å². The van der Waals surface area contributed by atoms with Crippen molar-refractivity contribution in [2.45, 2.75) is 19.4 Å². The predicted molar refractivity (Wildman–Crippen MR) is 51.9 cm³/mol. The summed E-state index contributed by atoms with van der Waals surface area (Å²) in [6.07, 6.45) is 0.197. The molecular weight excluding hydrogens is 164 g/mol. The van der Waals surface area contributed by atoms with Crippen molar-refractivity contribution in [3.8, 4) is 0 Å². The summed E-state index contributed by atoms with van der Waals surface area (Å²) in [4.78, 5) is 10.6. The van der Waals surface area contributed by atoms with Crippen LogP contribution in [0.1, 0.15) is 23.6 Å². The number of nitrogens with two attached hydrogens (primary N) is 2. The summed E-state index contributed by atoms with van der Waals surface area (Å²) in [5.41, 5.74) is 12.9. The van der Waals surface area contributed by atoms with Gasteiger partial charge in [-0.3, -0.25) is 4.79 Å². The SMILES string of the molecule is Cc1ccc([C@@H](N)CC(N)=O)cc1. The van der Waals surface area contributed by atoms with Crippen LogP contribution in [0, 0.1) is 6.92 Å². The fourth-order valence-corrected chi connectivity index (χ4v) is 1.15. The van der Waals surface area contributed by atoms with Crippen LogP contribution in [0.3, 0.4) is 0 Å². The summed E-state index contributed by atoms with van der Waals surface area (Å²) in [5.74, 6) is -0.368. The zero-order valence-electron chi connectivity index (χ0n) is 7.66. The van der Waals surface area contributed by atoms with Crippen molar-refractivity contribution in [2.24, 2.45) is 11.5 Å². The van der Waals surface area contributed by atoms with Gasteiger partial charge in [0, 0.05) is 12.5 Å². The number of primary amides is 1. The molecule has 1 atom stereocenters. The van der Waals surface area contributed by atoms with Gasteiger partial charge in [-0.25, -0.2) is 0 Å². The number of aryl methyl sites for hydroxylation is 1. The highest BCUT2D eigenvalue weighted by atomic mass is 16.1. The average Bonchev–Trinajstić information content (AvgIpc) is 2.04. The van der Waals surface area contributed by atoms with Crippen molar-refractivity contribution < 1.29 is 4.79 Å². The Morgan fingerprint density at radius 2 is 1.92 bits per heavy atom. The first-order chi connectivity index (χ1) is 6.09. The monoisotopic (exact) mass is 178 g/mol. The molecule has 0 spiro atoms. The minimum atomic E-state index is -0.368. The van der Waals surface area contributed by atoms with Crippen LogP contribution in [0.15, 0.2) is 24.3 Å². The highest BCUT2D eigenvalue weighted by Crippen LogP contribution is 2.13. The summed E-state index contributed by atoms with van der Waals surface area (Å²) in [7, 11) is 0. The second-order valence-corrected chi connectivity index (χ2v) is 3.19. The Hall–Kier alpha value is -1.35. The van der Waals surface area contributed by atoms with E-state index < -0.39 is 0 Å². The summed E-state index contributed by atoms with van der Waals surface area (Å²) in [5, 5.41) is 0. The second kappa shape index (κ2) is 4.05. The molecule has 0 unspecified atom stereocenters. The fraction of sp³-hybridized carbons (Fsp3) is 0.300. The van der Waals surface area contributed by atoms with Crippen molar-refractivity contribution >= 4 is 5.91 Å². The zero-order valence-corrected chi connectivity index (χ0v) is 7.66. The van der Waals surface area contributed by atoms with Crippen molar-refractivity contribution in [3.63, 3.8) is 0 Å². The number of hydrogen-bond donors (Lipinski definition) is 2. The van der Waals surface area contributed by atoms with Crippen LogP contribution in [0.2, 0.25) is 0 Å². The topological polar surface area (TPSA) is 69.1 Å². The molecule has 0 heterocycles. The van der Waals surface area contributed by atoms with Crippen molar-refractivity contribution in [1.82, 2.24) is 0 Å². The lowest BCUT2D eigenvalue weighted by atomic mass is 10.0. The molecular formula is C10H14N2O. The Morgan fingerprint density at radius 1 is 1.38 bits per heavy atom. The van der Waals surface area contributed by atoms with Gasteiger partial charge in [0.2, 0.25) is 5.91 Å². The van der Waals surface area contributed by atoms with Gasteiger partial charge in [0.15, 0.2) is 0 Å². The van der Waals surface area contributed by atoms with Crippen LogP contribution in [0.5, 0.6) is 0 Å². The molecule has 13 heavy (non-hydrogen) atoms. The Balaban J connectivity index is 2.71. The summed E-state index contributed by atoms with van der Waals surface area (Å²) in [6, 6.07) is 7.50. The Kier molecular flexibility index (Phi) is 3.03. The molecule has 0 aliphatic rings. The van der Waals surface area contributed by atoms with Crippen molar-refractivity contribution in [2.75, 3.05) is 0 Å². The normalized spacial score (nSPS) is 12.5. The maximum absolute atomic E-state index is 10.6.